The van der Waals surface area contributed by atoms with Gasteiger partial charge in [0.15, 0.2) is 6.23 Å². The van der Waals surface area contributed by atoms with Crippen molar-refractivity contribution in [1.29, 1.82) is 0 Å². The number of ether oxygens (including phenoxy) is 1. The Morgan fingerprint density at radius 2 is 2.00 bits per heavy atom. The first-order valence-electron chi connectivity index (χ1n) is 7.06. The van der Waals surface area contributed by atoms with Crippen LogP contribution in [0, 0.1) is 6.92 Å². The van der Waals surface area contributed by atoms with Crippen LogP contribution in [0.25, 0.3) is 0 Å². The number of aryl methyl sites for hydroxylation is 1. The molecule has 0 amide bonds. The van der Waals surface area contributed by atoms with E-state index in [9.17, 15) is 23.6 Å². The first-order valence-corrected chi connectivity index (χ1v) is 10.8. The highest BCUT2D eigenvalue weighted by Crippen LogP contribution is 2.45. The summed E-state index contributed by atoms with van der Waals surface area (Å²) in [6, 6.07) is 0. The van der Waals surface area contributed by atoms with Gasteiger partial charge in [-0.25, -0.2) is 4.79 Å². The van der Waals surface area contributed by atoms with Crippen LogP contribution < -0.4 is 11.2 Å². The molecule has 0 bridgehead atoms. The van der Waals surface area contributed by atoms with Crippen LogP contribution >= 0.6 is 15.2 Å². The number of H-pyrrole nitrogens is 1. The van der Waals surface area contributed by atoms with Crippen LogP contribution in [0.1, 0.15) is 18.2 Å². The van der Waals surface area contributed by atoms with Gasteiger partial charge < -0.3 is 23.9 Å². The molecule has 2 rings (SSSR count). The van der Waals surface area contributed by atoms with Crippen LogP contribution in [-0.2, 0) is 18.4 Å². The molecule has 1 aliphatic heterocycles. The standard InChI is InChI=1S/C12H18N2O9P2/c1-7-6-14(12(16)13-10(7)15)11-9(23-24(2,17)18)5-8(22-11)3-4-25(19,20)21/h3-4,6,8-9,11H,5H2,1-2H3,(H,17,18)(H,13,15,16)(H2,19,20,21)/b4-3+/t8-,9-,11-/m1/s1. The fourth-order valence-electron chi connectivity index (χ4n) is 2.37. The molecule has 0 aromatic carbocycles. The molecule has 1 aromatic heterocycles. The maximum Gasteiger partial charge on any atom is 0.348 e. The van der Waals surface area contributed by atoms with Crippen molar-refractivity contribution in [2.45, 2.75) is 31.8 Å². The van der Waals surface area contributed by atoms with Crippen molar-refractivity contribution in [3.05, 3.63) is 44.5 Å². The van der Waals surface area contributed by atoms with Crippen LogP contribution in [0.15, 0.2) is 27.7 Å². The van der Waals surface area contributed by atoms with Crippen LogP contribution in [0.4, 0.5) is 0 Å². The van der Waals surface area contributed by atoms with Gasteiger partial charge in [0.2, 0.25) is 0 Å². The van der Waals surface area contributed by atoms with E-state index in [-0.39, 0.29) is 12.0 Å². The lowest BCUT2D eigenvalue weighted by Crippen LogP contribution is -2.36. The van der Waals surface area contributed by atoms with Crippen LogP contribution in [0.5, 0.6) is 0 Å². The SMILES string of the molecule is Cc1cn([C@@H]2O[C@H](/C=C/P(=O)(O)O)C[C@H]2OP(C)(=O)O)c(=O)[nH]c1=O. The van der Waals surface area contributed by atoms with Gasteiger partial charge >= 0.3 is 20.9 Å². The smallest absolute Gasteiger partial charge is 0.348 e. The third-order valence-electron chi connectivity index (χ3n) is 3.34. The first kappa shape index (κ1) is 20.0. The van der Waals surface area contributed by atoms with E-state index in [1.54, 1.807) is 0 Å². The van der Waals surface area contributed by atoms with Crippen LogP contribution in [0.2, 0.25) is 0 Å². The first-order chi connectivity index (χ1) is 11.4. The van der Waals surface area contributed by atoms with Gasteiger partial charge in [0.05, 0.1) is 6.10 Å². The van der Waals surface area contributed by atoms with Crippen molar-refractivity contribution < 1.29 is 33.1 Å². The molecule has 13 heteroatoms. The number of rotatable bonds is 5. The van der Waals surface area contributed by atoms with Gasteiger partial charge in [-0.2, -0.15) is 0 Å². The number of aromatic amines is 1. The number of aromatic nitrogens is 2. The zero-order chi connectivity index (χ0) is 19.0. The Hall–Kier alpha value is -1.32. The lowest BCUT2D eigenvalue weighted by molar-refractivity contribution is -0.0225. The van der Waals surface area contributed by atoms with E-state index in [1.165, 1.54) is 13.1 Å². The minimum atomic E-state index is -4.42. The van der Waals surface area contributed by atoms with Crippen molar-refractivity contribution in [2.75, 3.05) is 6.66 Å². The molecular weight excluding hydrogens is 378 g/mol. The monoisotopic (exact) mass is 396 g/mol. The third-order valence-corrected chi connectivity index (χ3v) is 4.57. The summed E-state index contributed by atoms with van der Waals surface area (Å²) in [6.45, 7) is 2.42. The van der Waals surface area contributed by atoms with Crippen molar-refractivity contribution in [3.63, 3.8) is 0 Å². The lowest BCUT2D eigenvalue weighted by Gasteiger charge is -2.22. The third kappa shape index (κ3) is 5.58. The average Bonchev–Trinajstić information content (AvgIpc) is 2.80. The molecular formula is C12H18N2O9P2. The fourth-order valence-corrected chi connectivity index (χ4v) is 3.47. The number of nitrogens with zero attached hydrogens (tertiary/aromatic N) is 1. The van der Waals surface area contributed by atoms with Gasteiger partial charge in [0.1, 0.15) is 6.10 Å². The molecule has 25 heavy (non-hydrogen) atoms. The summed E-state index contributed by atoms with van der Waals surface area (Å²) in [6.07, 6.45) is -0.781. The highest BCUT2D eigenvalue weighted by molar-refractivity contribution is 7.55. The van der Waals surface area contributed by atoms with E-state index >= 15 is 0 Å². The Labute approximate surface area is 141 Å². The molecule has 2 heterocycles. The quantitative estimate of drug-likeness (QED) is 0.502. The van der Waals surface area contributed by atoms with E-state index in [2.05, 4.69) is 4.98 Å². The Morgan fingerprint density at radius 1 is 1.36 bits per heavy atom. The number of hydrogen-bond donors (Lipinski definition) is 4. The summed E-state index contributed by atoms with van der Waals surface area (Å²) in [7, 11) is -8.35. The fraction of sp³-hybridized carbons (Fsp3) is 0.500. The zero-order valence-electron chi connectivity index (χ0n) is 13.3. The topological polar surface area (TPSA) is 168 Å². The van der Waals surface area contributed by atoms with Gasteiger partial charge in [-0.05, 0) is 13.0 Å². The summed E-state index contributed by atoms with van der Waals surface area (Å²) in [4.78, 5) is 52.8. The van der Waals surface area contributed by atoms with E-state index in [1.807, 2.05) is 0 Å². The van der Waals surface area contributed by atoms with Gasteiger partial charge in [-0.1, -0.05) is 0 Å². The largest absolute Gasteiger partial charge is 0.348 e. The number of nitrogens with one attached hydrogen (secondary N) is 1. The highest BCUT2D eigenvalue weighted by Gasteiger charge is 2.40. The van der Waals surface area contributed by atoms with Gasteiger partial charge in [0.25, 0.3) is 5.56 Å². The molecule has 1 unspecified atom stereocenters. The predicted molar refractivity (Wildman–Crippen MR) is 86.4 cm³/mol. The molecule has 4 N–H and O–H groups in total. The molecule has 0 radical (unpaired) electrons. The summed E-state index contributed by atoms with van der Waals surface area (Å²) in [5, 5.41) is 0. The molecule has 0 aliphatic carbocycles. The summed E-state index contributed by atoms with van der Waals surface area (Å²) in [5.74, 6) is 0.641. The molecule has 1 aromatic rings. The summed E-state index contributed by atoms with van der Waals surface area (Å²) < 4.78 is 34.1. The van der Waals surface area contributed by atoms with Crippen molar-refractivity contribution in [2.24, 2.45) is 0 Å². The zero-order valence-corrected chi connectivity index (χ0v) is 15.1. The van der Waals surface area contributed by atoms with Crippen molar-refractivity contribution >= 4 is 15.2 Å². The molecule has 4 atom stereocenters. The molecule has 1 saturated heterocycles. The van der Waals surface area contributed by atoms with Gasteiger partial charge in [-0.3, -0.25) is 23.5 Å². The molecule has 0 spiro atoms. The maximum atomic E-state index is 12.0. The van der Waals surface area contributed by atoms with E-state index in [0.717, 1.165) is 17.3 Å². The minimum absolute atomic E-state index is 0.0236. The van der Waals surface area contributed by atoms with Crippen LogP contribution in [-0.4, -0.2) is 43.1 Å². The highest BCUT2D eigenvalue weighted by atomic mass is 31.2. The van der Waals surface area contributed by atoms with E-state index < -0.39 is 44.9 Å². The minimum Gasteiger partial charge on any atom is -0.348 e. The van der Waals surface area contributed by atoms with Crippen LogP contribution in [0.3, 0.4) is 0 Å². The molecule has 11 nitrogen and oxygen atoms in total. The van der Waals surface area contributed by atoms with Crippen molar-refractivity contribution in [1.82, 2.24) is 9.55 Å². The summed E-state index contributed by atoms with van der Waals surface area (Å²) >= 11 is 0. The van der Waals surface area contributed by atoms with E-state index in [0.29, 0.717) is 5.82 Å². The lowest BCUT2D eigenvalue weighted by atomic mass is 10.2. The number of hydrogen-bond acceptors (Lipinski definition) is 6. The van der Waals surface area contributed by atoms with Gasteiger partial charge in [-0.15, -0.1) is 0 Å². The predicted octanol–water partition coefficient (Wildman–Crippen LogP) is 0.0243. The average molecular weight is 396 g/mol. The second-order valence-corrected chi connectivity index (χ2v) is 8.95. The van der Waals surface area contributed by atoms with Crippen molar-refractivity contribution in [3.8, 4) is 0 Å². The Bertz CT molecular complexity index is 877. The van der Waals surface area contributed by atoms with E-state index in [4.69, 9.17) is 19.0 Å². The Morgan fingerprint density at radius 3 is 2.56 bits per heavy atom. The molecule has 140 valence electrons. The Kier molecular flexibility index (Phi) is 5.70. The molecule has 1 aliphatic rings. The molecule has 1 fully saturated rings. The Balaban J connectivity index is 2.38. The normalized spacial score (nSPS) is 26.8. The summed E-state index contributed by atoms with van der Waals surface area (Å²) in [5.41, 5.74) is -1.18. The maximum absolute atomic E-state index is 12.0. The second kappa shape index (κ2) is 7.13. The second-order valence-electron chi connectivity index (χ2n) is 5.66. The van der Waals surface area contributed by atoms with Gasteiger partial charge in [0, 0.05) is 30.7 Å². The molecule has 0 saturated carbocycles.